The molecule has 3 aromatic carbocycles. The number of aromatic amines is 1. The lowest BCUT2D eigenvalue weighted by molar-refractivity contribution is 0.911. The van der Waals surface area contributed by atoms with Crippen molar-refractivity contribution in [3.63, 3.8) is 0 Å². The van der Waals surface area contributed by atoms with Gasteiger partial charge in [-0.2, -0.15) is 0 Å². The summed E-state index contributed by atoms with van der Waals surface area (Å²) in [6, 6.07) is 25.2. The fraction of sp³-hybridized carbons (Fsp3) is 0.0455. The molecule has 5 aromatic rings. The zero-order valence-corrected chi connectivity index (χ0v) is 13.9. The predicted molar refractivity (Wildman–Crippen MR) is 103 cm³/mol. The quantitative estimate of drug-likeness (QED) is 0.458. The first-order chi connectivity index (χ1) is 12.3. The minimum absolute atomic E-state index is 1.03. The van der Waals surface area contributed by atoms with Gasteiger partial charge < -0.3 is 5.10 Å². The summed E-state index contributed by atoms with van der Waals surface area (Å²) in [5, 5.41) is 5.74. The van der Waals surface area contributed by atoms with Gasteiger partial charge in [0, 0.05) is 22.5 Å². The van der Waals surface area contributed by atoms with E-state index in [1.54, 1.807) is 0 Å². The molecule has 1 N–H and O–H groups in total. The number of aryl methyl sites for hydroxylation is 1. The van der Waals surface area contributed by atoms with E-state index in [0.717, 1.165) is 22.4 Å². The van der Waals surface area contributed by atoms with Crippen LogP contribution in [0.25, 0.3) is 38.8 Å². The largest absolute Gasteiger partial charge is 0.300 e. The second-order valence-corrected chi connectivity index (χ2v) is 6.33. The zero-order valence-electron chi connectivity index (χ0n) is 13.9. The van der Waals surface area contributed by atoms with Crippen LogP contribution in [0.3, 0.4) is 0 Å². The molecule has 0 amide bonds. The van der Waals surface area contributed by atoms with Crippen molar-refractivity contribution in [2.75, 3.05) is 0 Å². The molecule has 0 unspecified atom stereocenters. The molecule has 0 aliphatic rings. The third-order valence-electron chi connectivity index (χ3n) is 4.78. The number of benzene rings is 3. The van der Waals surface area contributed by atoms with Crippen molar-refractivity contribution in [3.8, 4) is 16.9 Å². The molecular weight excluding hydrogens is 306 g/mol. The number of aromatic nitrogens is 3. The van der Waals surface area contributed by atoms with Crippen LogP contribution < -0.4 is 0 Å². The topological polar surface area (TPSA) is 33.6 Å². The normalized spacial score (nSPS) is 11.4. The van der Waals surface area contributed by atoms with Crippen LogP contribution in [0.5, 0.6) is 0 Å². The average molecular weight is 323 g/mol. The average Bonchev–Trinajstić information content (AvgIpc) is 3.26. The summed E-state index contributed by atoms with van der Waals surface area (Å²) in [4.78, 5) is 4.85. The zero-order chi connectivity index (χ0) is 16.8. The Bertz CT molecular complexity index is 1200. The number of nitrogens with one attached hydrogen (secondary N) is 1. The molecule has 0 spiro atoms. The highest BCUT2D eigenvalue weighted by Gasteiger charge is 2.12. The monoisotopic (exact) mass is 323 g/mol. The van der Waals surface area contributed by atoms with Crippen molar-refractivity contribution in [1.82, 2.24) is 14.8 Å². The summed E-state index contributed by atoms with van der Waals surface area (Å²) < 4.78 is 2.11. The van der Waals surface area contributed by atoms with E-state index in [-0.39, 0.29) is 0 Å². The van der Waals surface area contributed by atoms with Crippen molar-refractivity contribution in [3.05, 3.63) is 84.6 Å². The lowest BCUT2D eigenvalue weighted by Gasteiger charge is -2.04. The maximum Gasteiger partial charge on any atom is 0.0725 e. The third-order valence-corrected chi connectivity index (χ3v) is 4.78. The molecule has 2 aromatic heterocycles. The molecule has 2 heterocycles. The van der Waals surface area contributed by atoms with E-state index in [4.69, 9.17) is 4.98 Å². The molecule has 0 saturated carbocycles. The minimum atomic E-state index is 1.03. The van der Waals surface area contributed by atoms with Gasteiger partial charge in [-0.15, -0.1) is 0 Å². The maximum absolute atomic E-state index is 4.85. The van der Waals surface area contributed by atoms with Crippen LogP contribution in [-0.4, -0.2) is 14.8 Å². The molecule has 0 radical (unpaired) electrons. The van der Waals surface area contributed by atoms with Crippen LogP contribution >= 0.6 is 0 Å². The van der Waals surface area contributed by atoms with Crippen LogP contribution in [0.4, 0.5) is 0 Å². The van der Waals surface area contributed by atoms with E-state index in [1.165, 1.54) is 21.9 Å². The molecule has 25 heavy (non-hydrogen) atoms. The Hall–Kier alpha value is -3.33. The second-order valence-electron chi connectivity index (χ2n) is 6.33. The molecule has 3 nitrogen and oxygen atoms in total. The van der Waals surface area contributed by atoms with Crippen molar-refractivity contribution < 1.29 is 0 Å². The van der Waals surface area contributed by atoms with Gasteiger partial charge in [0.15, 0.2) is 0 Å². The molecule has 5 rings (SSSR count). The Morgan fingerprint density at radius 1 is 0.840 bits per heavy atom. The van der Waals surface area contributed by atoms with E-state index < -0.39 is 0 Å². The Labute approximate surface area is 145 Å². The van der Waals surface area contributed by atoms with E-state index in [1.807, 2.05) is 18.2 Å². The standard InChI is InChI=1S/C22H17N3/c1-15-7-5-6-10-17(15)21-13-18-19-14-23-25(16-8-3-2-4-9-16)22(19)12-11-20(18)24-21/h2-14,23H,1H3. The lowest BCUT2D eigenvalue weighted by atomic mass is 10.1. The summed E-state index contributed by atoms with van der Waals surface area (Å²) in [6.45, 7) is 2.13. The summed E-state index contributed by atoms with van der Waals surface area (Å²) >= 11 is 0. The van der Waals surface area contributed by atoms with Crippen molar-refractivity contribution in [2.24, 2.45) is 0 Å². The number of nitrogens with zero attached hydrogens (tertiary/aromatic N) is 2. The number of fused-ring (bicyclic) bond motifs is 3. The number of H-pyrrole nitrogens is 1. The molecule has 0 aliphatic heterocycles. The molecule has 0 fully saturated rings. The second kappa shape index (κ2) is 5.35. The van der Waals surface area contributed by atoms with Gasteiger partial charge >= 0.3 is 0 Å². The minimum Gasteiger partial charge on any atom is -0.300 e. The van der Waals surface area contributed by atoms with Gasteiger partial charge in [-0.3, -0.25) is 4.68 Å². The summed E-state index contributed by atoms with van der Waals surface area (Å²) in [5.41, 5.74) is 6.78. The summed E-state index contributed by atoms with van der Waals surface area (Å²) in [7, 11) is 0. The predicted octanol–water partition coefficient (Wildman–Crippen LogP) is 5.48. The number of hydrogen-bond donors (Lipinski definition) is 1. The Balaban J connectivity index is 1.74. The SMILES string of the molecule is Cc1ccccc1-c1cc2c(ccc3c2c[nH]n3-c2ccccc2)n1. The smallest absolute Gasteiger partial charge is 0.0725 e. The van der Waals surface area contributed by atoms with E-state index in [9.17, 15) is 0 Å². The van der Waals surface area contributed by atoms with Gasteiger partial charge in [0.1, 0.15) is 0 Å². The van der Waals surface area contributed by atoms with Crippen LogP contribution in [0, 0.1) is 6.92 Å². The van der Waals surface area contributed by atoms with Gasteiger partial charge in [-0.1, -0.05) is 42.5 Å². The number of rotatable bonds is 2. The van der Waals surface area contributed by atoms with Crippen molar-refractivity contribution in [2.45, 2.75) is 6.92 Å². The highest BCUT2D eigenvalue weighted by molar-refractivity contribution is 6.07. The Morgan fingerprint density at radius 2 is 1.64 bits per heavy atom. The maximum atomic E-state index is 4.85. The first kappa shape index (κ1) is 14.1. The molecule has 120 valence electrons. The molecule has 0 saturated heterocycles. The van der Waals surface area contributed by atoms with Gasteiger partial charge in [-0.25, -0.2) is 4.98 Å². The van der Waals surface area contributed by atoms with Gasteiger partial charge in [-0.05, 0) is 42.8 Å². The third kappa shape index (κ3) is 2.17. The highest BCUT2D eigenvalue weighted by atomic mass is 15.3. The van der Waals surface area contributed by atoms with Gasteiger partial charge in [0.25, 0.3) is 0 Å². The fourth-order valence-corrected chi connectivity index (χ4v) is 3.50. The first-order valence-electron chi connectivity index (χ1n) is 8.42. The molecular formula is C22H17N3. The van der Waals surface area contributed by atoms with E-state index in [0.29, 0.717) is 0 Å². The molecule has 0 atom stereocenters. The molecule has 0 bridgehead atoms. The van der Waals surface area contributed by atoms with Crippen molar-refractivity contribution >= 4 is 21.8 Å². The van der Waals surface area contributed by atoms with Crippen LogP contribution in [0.15, 0.2) is 79.0 Å². The summed E-state index contributed by atoms with van der Waals surface area (Å²) in [5.74, 6) is 0. The number of para-hydroxylation sites is 1. The highest BCUT2D eigenvalue weighted by Crippen LogP contribution is 2.32. The Morgan fingerprint density at radius 3 is 2.48 bits per heavy atom. The van der Waals surface area contributed by atoms with E-state index >= 15 is 0 Å². The number of hydrogen-bond acceptors (Lipinski definition) is 1. The van der Waals surface area contributed by atoms with Crippen LogP contribution in [-0.2, 0) is 0 Å². The molecule has 0 aliphatic carbocycles. The van der Waals surface area contributed by atoms with Crippen molar-refractivity contribution in [1.29, 1.82) is 0 Å². The van der Waals surface area contributed by atoms with Gasteiger partial charge in [0.05, 0.1) is 22.4 Å². The lowest BCUT2D eigenvalue weighted by Crippen LogP contribution is -1.94. The van der Waals surface area contributed by atoms with Gasteiger partial charge in [0.2, 0.25) is 0 Å². The van der Waals surface area contributed by atoms with E-state index in [2.05, 4.69) is 77.5 Å². The van der Waals surface area contributed by atoms with Crippen LogP contribution in [0.1, 0.15) is 5.56 Å². The first-order valence-corrected chi connectivity index (χ1v) is 8.42. The fourth-order valence-electron chi connectivity index (χ4n) is 3.50. The van der Waals surface area contributed by atoms with Crippen LogP contribution in [0.2, 0.25) is 0 Å². The molecule has 3 heteroatoms. The Kier molecular flexibility index (Phi) is 3.01. The summed E-state index contributed by atoms with van der Waals surface area (Å²) in [6.07, 6.45) is 2.06.